The van der Waals surface area contributed by atoms with Crippen molar-refractivity contribution >= 4 is 16.7 Å². The van der Waals surface area contributed by atoms with Gasteiger partial charge in [0.25, 0.3) is 0 Å². The van der Waals surface area contributed by atoms with Crippen LogP contribution in [-0.2, 0) is 6.42 Å². The predicted octanol–water partition coefficient (Wildman–Crippen LogP) is 2.19. The molecular weight excluding hydrogens is 160 g/mol. The third kappa shape index (κ3) is 1.47. The van der Waals surface area contributed by atoms with Crippen LogP contribution in [0.3, 0.4) is 0 Å². The molecule has 0 aliphatic heterocycles. The van der Waals surface area contributed by atoms with Crippen molar-refractivity contribution in [1.82, 2.24) is 4.98 Å². The van der Waals surface area contributed by atoms with Crippen molar-refractivity contribution in [2.24, 2.45) is 0 Å². The van der Waals surface area contributed by atoms with Gasteiger partial charge in [0, 0.05) is 5.39 Å². The second kappa shape index (κ2) is 3.05. The van der Waals surface area contributed by atoms with Crippen LogP contribution in [0.15, 0.2) is 30.3 Å². The number of benzene rings is 1. The molecule has 0 atom stereocenters. The average Bonchev–Trinajstić information content (AvgIpc) is 2.16. The number of aromatic nitrogens is 1. The Labute approximate surface area is 77.4 Å². The van der Waals surface area contributed by atoms with Gasteiger partial charge < -0.3 is 5.73 Å². The van der Waals surface area contributed by atoms with E-state index in [2.05, 4.69) is 18.0 Å². The molecule has 0 amide bonds. The molecule has 0 fully saturated rings. The monoisotopic (exact) mass is 171 g/mol. The summed E-state index contributed by atoms with van der Waals surface area (Å²) in [4.78, 5) is 4.23. The fraction of sp³-hybridized carbons (Fsp3) is 0.0909. The fourth-order valence-corrected chi connectivity index (χ4v) is 1.33. The van der Waals surface area contributed by atoms with E-state index in [9.17, 15) is 0 Å². The lowest BCUT2D eigenvalue weighted by Crippen LogP contribution is -1.90. The van der Waals surface area contributed by atoms with Crippen LogP contribution in [0.5, 0.6) is 0 Å². The number of nitrogens with two attached hydrogens (primary N) is 1. The maximum atomic E-state index is 5.59. The van der Waals surface area contributed by atoms with Crippen LogP contribution in [0.1, 0.15) is 5.56 Å². The number of hydrogen-bond donors (Lipinski definition) is 1. The zero-order valence-corrected chi connectivity index (χ0v) is 7.33. The van der Waals surface area contributed by atoms with E-state index < -0.39 is 0 Å². The SMILES string of the molecule is [CH2]Cc1ccc2ccc(N)nc2c1. The molecule has 2 nitrogen and oxygen atoms in total. The molecule has 1 radical (unpaired) electrons. The zero-order valence-electron chi connectivity index (χ0n) is 7.33. The molecule has 0 aliphatic carbocycles. The van der Waals surface area contributed by atoms with E-state index in [4.69, 9.17) is 5.73 Å². The zero-order chi connectivity index (χ0) is 9.26. The molecule has 0 spiro atoms. The first-order valence-corrected chi connectivity index (χ1v) is 4.24. The first-order valence-electron chi connectivity index (χ1n) is 4.24. The van der Waals surface area contributed by atoms with Crippen molar-refractivity contribution in [1.29, 1.82) is 0 Å². The lowest BCUT2D eigenvalue weighted by Gasteiger charge is -2.00. The van der Waals surface area contributed by atoms with Crippen LogP contribution in [0.4, 0.5) is 5.82 Å². The smallest absolute Gasteiger partial charge is 0.124 e. The van der Waals surface area contributed by atoms with Crippen LogP contribution in [0, 0.1) is 6.92 Å². The van der Waals surface area contributed by atoms with Gasteiger partial charge in [-0.15, -0.1) is 0 Å². The van der Waals surface area contributed by atoms with Gasteiger partial charge in [-0.2, -0.15) is 0 Å². The minimum atomic E-state index is 0.564. The highest BCUT2D eigenvalue weighted by Crippen LogP contribution is 2.15. The van der Waals surface area contributed by atoms with E-state index >= 15 is 0 Å². The number of nitrogens with zero attached hydrogens (tertiary/aromatic N) is 1. The maximum Gasteiger partial charge on any atom is 0.124 e. The first-order chi connectivity index (χ1) is 6.29. The normalized spacial score (nSPS) is 10.5. The van der Waals surface area contributed by atoms with Gasteiger partial charge in [0.2, 0.25) is 0 Å². The molecule has 0 bridgehead atoms. The van der Waals surface area contributed by atoms with Crippen LogP contribution in [-0.4, -0.2) is 4.98 Å². The Bertz CT molecular complexity index is 435. The van der Waals surface area contributed by atoms with Gasteiger partial charge in [0.1, 0.15) is 5.82 Å². The number of rotatable bonds is 1. The molecule has 1 aromatic heterocycles. The molecule has 1 aromatic carbocycles. The summed E-state index contributed by atoms with van der Waals surface area (Å²) in [5.74, 6) is 0.564. The Morgan fingerprint density at radius 1 is 1.23 bits per heavy atom. The van der Waals surface area contributed by atoms with E-state index in [0.717, 1.165) is 17.3 Å². The summed E-state index contributed by atoms with van der Waals surface area (Å²) < 4.78 is 0. The molecule has 2 rings (SSSR count). The van der Waals surface area contributed by atoms with E-state index in [1.807, 2.05) is 24.3 Å². The summed E-state index contributed by atoms with van der Waals surface area (Å²) in [6.45, 7) is 3.83. The summed E-state index contributed by atoms with van der Waals surface area (Å²) in [5.41, 5.74) is 7.72. The van der Waals surface area contributed by atoms with Crippen LogP contribution >= 0.6 is 0 Å². The van der Waals surface area contributed by atoms with Crippen molar-refractivity contribution < 1.29 is 0 Å². The highest BCUT2D eigenvalue weighted by Gasteiger charge is 1.96. The second-order valence-electron chi connectivity index (χ2n) is 3.01. The average molecular weight is 171 g/mol. The molecule has 0 saturated carbocycles. The predicted molar refractivity (Wildman–Crippen MR) is 55.2 cm³/mol. The molecule has 2 heteroatoms. The van der Waals surface area contributed by atoms with Gasteiger partial charge in [0.05, 0.1) is 5.52 Å². The van der Waals surface area contributed by atoms with E-state index in [-0.39, 0.29) is 0 Å². The second-order valence-corrected chi connectivity index (χ2v) is 3.01. The highest BCUT2D eigenvalue weighted by atomic mass is 14.8. The Hall–Kier alpha value is -1.57. The molecule has 13 heavy (non-hydrogen) atoms. The van der Waals surface area contributed by atoms with Gasteiger partial charge in [-0.1, -0.05) is 12.1 Å². The van der Waals surface area contributed by atoms with Gasteiger partial charge >= 0.3 is 0 Å². The third-order valence-electron chi connectivity index (χ3n) is 2.07. The lowest BCUT2D eigenvalue weighted by molar-refractivity contribution is 1.27. The Morgan fingerprint density at radius 3 is 2.77 bits per heavy atom. The lowest BCUT2D eigenvalue weighted by atomic mass is 10.1. The van der Waals surface area contributed by atoms with Crippen molar-refractivity contribution in [3.8, 4) is 0 Å². The fourth-order valence-electron chi connectivity index (χ4n) is 1.33. The standard InChI is InChI=1S/C11H11N2/c1-2-8-3-4-9-5-6-11(12)13-10(9)7-8/h3-7H,1-2H2,(H2,12,13). The van der Waals surface area contributed by atoms with Gasteiger partial charge in [-0.3, -0.25) is 0 Å². The van der Waals surface area contributed by atoms with E-state index in [1.165, 1.54) is 5.56 Å². The maximum absolute atomic E-state index is 5.59. The molecule has 0 unspecified atom stereocenters. The summed E-state index contributed by atoms with van der Waals surface area (Å²) in [7, 11) is 0. The van der Waals surface area contributed by atoms with Crippen LogP contribution in [0.2, 0.25) is 0 Å². The molecule has 1 heterocycles. The summed E-state index contributed by atoms with van der Waals surface area (Å²) >= 11 is 0. The molecule has 0 aliphatic rings. The van der Waals surface area contributed by atoms with Gasteiger partial charge in [-0.05, 0) is 37.1 Å². The van der Waals surface area contributed by atoms with Crippen LogP contribution < -0.4 is 5.73 Å². The number of hydrogen-bond acceptors (Lipinski definition) is 2. The van der Waals surface area contributed by atoms with Gasteiger partial charge in [-0.25, -0.2) is 4.98 Å². The van der Waals surface area contributed by atoms with E-state index in [0.29, 0.717) is 5.82 Å². The quantitative estimate of drug-likeness (QED) is 0.714. The van der Waals surface area contributed by atoms with Crippen LogP contribution in [0.25, 0.3) is 10.9 Å². The number of pyridine rings is 1. The molecule has 0 saturated heterocycles. The Kier molecular flexibility index (Phi) is 1.89. The van der Waals surface area contributed by atoms with Crippen molar-refractivity contribution in [2.75, 3.05) is 5.73 Å². The van der Waals surface area contributed by atoms with E-state index in [1.54, 1.807) is 0 Å². The van der Waals surface area contributed by atoms with Crippen molar-refractivity contribution in [3.05, 3.63) is 42.8 Å². The molecule has 65 valence electrons. The first kappa shape index (κ1) is 8.05. The minimum absolute atomic E-state index is 0.564. The number of nitrogen functional groups attached to an aromatic ring is 1. The topological polar surface area (TPSA) is 38.9 Å². The summed E-state index contributed by atoms with van der Waals surface area (Å²) in [6.07, 6.45) is 0.784. The Balaban J connectivity index is 2.68. The highest BCUT2D eigenvalue weighted by molar-refractivity contribution is 5.80. The minimum Gasteiger partial charge on any atom is -0.384 e. The largest absolute Gasteiger partial charge is 0.384 e. The molecule has 2 aromatic rings. The van der Waals surface area contributed by atoms with Crippen molar-refractivity contribution in [3.63, 3.8) is 0 Å². The summed E-state index contributed by atoms with van der Waals surface area (Å²) in [5, 5.41) is 1.12. The molecular formula is C11H11N2. The van der Waals surface area contributed by atoms with Crippen molar-refractivity contribution in [2.45, 2.75) is 6.42 Å². The number of anilines is 1. The summed E-state index contributed by atoms with van der Waals surface area (Å²) in [6, 6.07) is 9.92. The Morgan fingerprint density at radius 2 is 2.00 bits per heavy atom. The third-order valence-corrected chi connectivity index (χ3v) is 2.07. The molecule has 2 N–H and O–H groups in total. The number of fused-ring (bicyclic) bond motifs is 1. The van der Waals surface area contributed by atoms with Gasteiger partial charge in [0.15, 0.2) is 0 Å².